The van der Waals surface area contributed by atoms with Gasteiger partial charge >= 0.3 is 5.97 Å². The Labute approximate surface area is 207 Å². The second-order valence-corrected chi connectivity index (χ2v) is 9.40. The molecule has 2 aromatic heterocycles. The van der Waals surface area contributed by atoms with Crippen molar-refractivity contribution in [3.05, 3.63) is 94.8 Å². The molecule has 0 radical (unpaired) electrons. The molecule has 1 aliphatic heterocycles. The topological polar surface area (TPSA) is 99.8 Å². The summed E-state index contributed by atoms with van der Waals surface area (Å²) in [6, 6.07) is 17.9. The summed E-state index contributed by atoms with van der Waals surface area (Å²) < 4.78 is 1.40. The normalized spacial score (nSPS) is 16.1. The summed E-state index contributed by atoms with van der Waals surface area (Å²) in [5.41, 5.74) is 5.20. The van der Waals surface area contributed by atoms with Crippen LogP contribution in [0, 0.1) is 0 Å². The quantitative estimate of drug-likeness (QED) is 0.438. The second kappa shape index (κ2) is 8.34. The number of aromatic carboxylic acids is 1. The number of nitrogens with one attached hydrogen (secondary N) is 1. The van der Waals surface area contributed by atoms with Gasteiger partial charge in [-0.1, -0.05) is 54.1 Å². The van der Waals surface area contributed by atoms with E-state index in [1.165, 1.54) is 33.6 Å². The molecule has 2 aliphatic rings. The zero-order valence-electron chi connectivity index (χ0n) is 19.8. The Morgan fingerprint density at radius 2 is 1.69 bits per heavy atom. The van der Waals surface area contributed by atoms with Gasteiger partial charge in [0.05, 0.1) is 6.20 Å². The first kappa shape index (κ1) is 22.0. The maximum absolute atomic E-state index is 13.8. The molecule has 4 aromatic rings. The largest absolute Gasteiger partial charge is 0.477 e. The lowest BCUT2D eigenvalue weighted by Gasteiger charge is -2.41. The smallest absolute Gasteiger partial charge is 0.341 e. The number of anilines is 2. The number of carbonyl (C=O) groups is 2. The Morgan fingerprint density at radius 1 is 0.972 bits per heavy atom. The van der Waals surface area contributed by atoms with E-state index in [1.807, 2.05) is 35.2 Å². The molecule has 0 bridgehead atoms. The highest BCUT2D eigenvalue weighted by molar-refractivity contribution is 6.01. The standard InChI is InChI=1S/C28H25N5O3/c1-18-15-19-7-5-6-10-23(19)28(18)11-13-32(14-12-28)26(34)21-16-29-24-22(27(35)36)17-30-33(24)25(21)31-20-8-3-2-4-9-20/h2-10,15-17,31H,11-14H2,1H3,(H,35,36). The third-order valence-corrected chi connectivity index (χ3v) is 7.53. The molecular weight excluding hydrogens is 454 g/mol. The summed E-state index contributed by atoms with van der Waals surface area (Å²) in [6.45, 7) is 3.41. The molecule has 2 N–H and O–H groups in total. The average Bonchev–Trinajstić information content (AvgIpc) is 3.45. The molecule has 3 heterocycles. The molecule has 8 heteroatoms. The van der Waals surface area contributed by atoms with E-state index in [2.05, 4.69) is 52.7 Å². The molecule has 1 fully saturated rings. The van der Waals surface area contributed by atoms with Crippen molar-refractivity contribution in [1.82, 2.24) is 19.5 Å². The molecular formula is C28H25N5O3. The molecule has 1 saturated heterocycles. The van der Waals surface area contributed by atoms with Crippen molar-refractivity contribution in [3.63, 3.8) is 0 Å². The molecule has 2 aromatic carbocycles. The third-order valence-electron chi connectivity index (χ3n) is 7.53. The number of piperidine rings is 1. The van der Waals surface area contributed by atoms with E-state index in [-0.39, 0.29) is 22.5 Å². The molecule has 1 aliphatic carbocycles. The van der Waals surface area contributed by atoms with Crippen LogP contribution in [-0.2, 0) is 5.41 Å². The first-order valence-corrected chi connectivity index (χ1v) is 12.0. The number of benzene rings is 2. The highest BCUT2D eigenvalue weighted by Gasteiger charge is 2.43. The summed E-state index contributed by atoms with van der Waals surface area (Å²) in [7, 11) is 0. The lowest BCUT2D eigenvalue weighted by atomic mass is 9.70. The molecule has 0 unspecified atom stereocenters. The summed E-state index contributed by atoms with van der Waals surface area (Å²) in [5, 5.41) is 17.1. The number of hydrogen-bond acceptors (Lipinski definition) is 5. The molecule has 0 atom stereocenters. The van der Waals surface area contributed by atoms with Crippen molar-refractivity contribution in [3.8, 4) is 0 Å². The van der Waals surface area contributed by atoms with Crippen molar-refractivity contribution in [2.45, 2.75) is 25.2 Å². The molecule has 8 nitrogen and oxygen atoms in total. The van der Waals surface area contributed by atoms with Crippen LogP contribution in [0.25, 0.3) is 11.7 Å². The Kier molecular flexibility index (Phi) is 5.10. The second-order valence-electron chi connectivity index (χ2n) is 9.40. The van der Waals surface area contributed by atoms with Crippen LogP contribution in [0.1, 0.15) is 51.6 Å². The zero-order valence-corrected chi connectivity index (χ0v) is 19.8. The van der Waals surface area contributed by atoms with E-state index in [0.29, 0.717) is 24.5 Å². The summed E-state index contributed by atoms with van der Waals surface area (Å²) in [5.74, 6) is -0.881. The Morgan fingerprint density at radius 3 is 2.44 bits per heavy atom. The maximum atomic E-state index is 13.8. The number of hydrogen-bond donors (Lipinski definition) is 2. The number of fused-ring (bicyclic) bond motifs is 3. The van der Waals surface area contributed by atoms with Crippen LogP contribution in [0.2, 0.25) is 0 Å². The highest BCUT2D eigenvalue weighted by atomic mass is 16.4. The first-order chi connectivity index (χ1) is 17.5. The number of carboxylic acid groups (broad SMARTS) is 1. The van der Waals surface area contributed by atoms with E-state index >= 15 is 0 Å². The van der Waals surface area contributed by atoms with Crippen molar-refractivity contribution in [1.29, 1.82) is 0 Å². The number of carbonyl (C=O) groups excluding carboxylic acids is 1. The predicted molar refractivity (Wildman–Crippen MR) is 137 cm³/mol. The minimum absolute atomic E-state index is 0.0211. The van der Waals surface area contributed by atoms with Gasteiger partial charge in [0.2, 0.25) is 0 Å². The van der Waals surface area contributed by atoms with Crippen molar-refractivity contribution >= 4 is 35.1 Å². The maximum Gasteiger partial charge on any atom is 0.341 e. The Hall–Kier alpha value is -4.46. The Bertz CT molecular complexity index is 1530. The summed E-state index contributed by atoms with van der Waals surface area (Å²) in [6.07, 6.45) is 6.68. The van der Waals surface area contributed by atoms with Crippen LogP contribution in [0.15, 0.2) is 72.6 Å². The Balaban J connectivity index is 1.34. The monoisotopic (exact) mass is 479 g/mol. The van der Waals surface area contributed by atoms with Gasteiger partial charge in [0.1, 0.15) is 16.9 Å². The molecule has 1 amide bonds. The van der Waals surface area contributed by atoms with Crippen LogP contribution in [-0.4, -0.2) is 49.6 Å². The van der Waals surface area contributed by atoms with Gasteiger partial charge in [0.15, 0.2) is 5.65 Å². The van der Waals surface area contributed by atoms with E-state index in [4.69, 9.17) is 0 Å². The van der Waals surface area contributed by atoms with Crippen LogP contribution in [0.4, 0.5) is 11.5 Å². The van der Waals surface area contributed by atoms with E-state index in [9.17, 15) is 14.7 Å². The minimum atomic E-state index is -1.12. The number of rotatable bonds is 4. The molecule has 6 rings (SSSR count). The average molecular weight is 480 g/mol. The number of aromatic nitrogens is 3. The number of carboxylic acids is 1. The highest BCUT2D eigenvalue weighted by Crippen LogP contribution is 2.48. The van der Waals surface area contributed by atoms with Crippen molar-refractivity contribution < 1.29 is 14.7 Å². The minimum Gasteiger partial charge on any atom is -0.477 e. The lowest BCUT2D eigenvalue weighted by Crippen LogP contribution is -2.45. The van der Waals surface area contributed by atoms with Crippen LogP contribution < -0.4 is 5.32 Å². The van der Waals surface area contributed by atoms with Gasteiger partial charge in [0, 0.05) is 30.4 Å². The third kappa shape index (κ3) is 3.37. The number of nitrogens with zero attached hydrogens (tertiary/aromatic N) is 4. The number of para-hydroxylation sites is 1. The molecule has 0 saturated carbocycles. The van der Waals surface area contributed by atoms with E-state index in [0.717, 1.165) is 18.5 Å². The number of allylic oxidation sites excluding steroid dienone is 1. The number of amides is 1. The van der Waals surface area contributed by atoms with Gasteiger partial charge in [-0.05, 0) is 43.0 Å². The lowest BCUT2D eigenvalue weighted by molar-refractivity contribution is 0.0682. The fraction of sp³-hybridized carbons (Fsp3) is 0.214. The van der Waals surface area contributed by atoms with Crippen molar-refractivity contribution in [2.75, 3.05) is 18.4 Å². The number of likely N-dealkylation sites (tertiary alicyclic amines) is 1. The van der Waals surface area contributed by atoms with Crippen molar-refractivity contribution in [2.24, 2.45) is 0 Å². The molecule has 180 valence electrons. The SMILES string of the molecule is CC1=Cc2ccccc2C12CCN(C(=O)c1cnc3c(C(=O)O)cnn3c1Nc1ccccc1)CC2. The summed E-state index contributed by atoms with van der Waals surface area (Å²) in [4.78, 5) is 31.6. The molecule has 36 heavy (non-hydrogen) atoms. The van der Waals surface area contributed by atoms with Gasteiger partial charge in [-0.3, -0.25) is 4.79 Å². The fourth-order valence-electron chi connectivity index (χ4n) is 5.58. The predicted octanol–water partition coefficient (Wildman–Crippen LogP) is 4.76. The fourth-order valence-corrected chi connectivity index (χ4v) is 5.58. The van der Waals surface area contributed by atoms with Gasteiger partial charge in [-0.25, -0.2) is 9.78 Å². The van der Waals surface area contributed by atoms with Gasteiger partial charge in [0.25, 0.3) is 5.91 Å². The zero-order chi connectivity index (χ0) is 24.9. The van der Waals surface area contributed by atoms with Gasteiger partial charge in [-0.2, -0.15) is 9.61 Å². The summed E-state index contributed by atoms with van der Waals surface area (Å²) >= 11 is 0. The first-order valence-electron chi connectivity index (χ1n) is 12.0. The van der Waals surface area contributed by atoms with E-state index in [1.54, 1.807) is 0 Å². The van der Waals surface area contributed by atoms with Gasteiger partial charge < -0.3 is 15.3 Å². The van der Waals surface area contributed by atoms with Crippen LogP contribution in [0.3, 0.4) is 0 Å². The molecule has 1 spiro atoms. The van der Waals surface area contributed by atoms with Crippen LogP contribution in [0.5, 0.6) is 0 Å². The van der Waals surface area contributed by atoms with Gasteiger partial charge in [-0.15, -0.1) is 0 Å². The van der Waals surface area contributed by atoms with Crippen LogP contribution >= 0.6 is 0 Å². The van der Waals surface area contributed by atoms with E-state index < -0.39 is 5.97 Å².